The summed E-state index contributed by atoms with van der Waals surface area (Å²) in [6.45, 7) is 2.69. The summed E-state index contributed by atoms with van der Waals surface area (Å²) in [6, 6.07) is -0.790. The molecule has 0 aromatic rings. The molecule has 0 aromatic heterocycles. The molecule has 6 N–H and O–H groups in total. The van der Waals surface area contributed by atoms with Crippen molar-refractivity contribution >= 4 is 23.5 Å². The number of rotatable bonds is 16. The smallest absolute Gasteiger partial charge is 0.330 e. The minimum absolute atomic E-state index is 0.0293. The molecular formula is C28H47ClN2O5. The Hall–Kier alpha value is -1.25. The normalized spacial score (nSPS) is 27.3. The Bertz CT molecular complexity index is 734. The molecule has 36 heavy (non-hydrogen) atoms. The Morgan fingerprint density at radius 2 is 1.94 bits per heavy atom. The van der Waals surface area contributed by atoms with Crippen molar-refractivity contribution in [2.75, 3.05) is 6.54 Å². The number of aliphatic hydroxyl groups excluding tert-OH is 2. The molecular weight excluding hydrogens is 480 g/mol. The standard InChI is InChI=1S/C28H47ClN2O5/c1-2-28(16-10-17-28)25(33)14-9-12-21-20(22(29)19-24(21)32)11-5-3-4-6-15-26(34)36-27(35)23(31)13-7-8-18-30/h3,5,9,12,20-25,32-33H,2,4,6-8,10-11,13-19,30-31H2,1H3/b5-3-,12-9+/t20-,21-,22-,23+,24-,25+/m1/s1. The molecule has 0 heterocycles. The van der Waals surface area contributed by atoms with Gasteiger partial charge >= 0.3 is 11.9 Å². The van der Waals surface area contributed by atoms with Crippen molar-refractivity contribution in [2.45, 2.75) is 114 Å². The van der Waals surface area contributed by atoms with E-state index < -0.39 is 24.1 Å². The quantitative estimate of drug-likeness (QED) is 0.0780. The van der Waals surface area contributed by atoms with Crippen molar-refractivity contribution in [3.8, 4) is 0 Å². The van der Waals surface area contributed by atoms with Crippen LogP contribution in [-0.2, 0) is 14.3 Å². The van der Waals surface area contributed by atoms with Gasteiger partial charge in [-0.25, -0.2) is 4.79 Å². The number of esters is 2. The molecule has 0 aliphatic heterocycles. The van der Waals surface area contributed by atoms with Crippen molar-refractivity contribution in [1.29, 1.82) is 0 Å². The molecule has 0 bridgehead atoms. The molecule has 0 aromatic carbocycles. The third-order valence-electron chi connectivity index (χ3n) is 8.16. The van der Waals surface area contributed by atoms with Crippen LogP contribution < -0.4 is 11.5 Å². The largest absolute Gasteiger partial charge is 0.392 e. The molecule has 2 rings (SSSR count). The first-order chi connectivity index (χ1) is 17.2. The molecule has 0 amide bonds. The molecule has 2 aliphatic carbocycles. The maximum Gasteiger partial charge on any atom is 0.330 e. The van der Waals surface area contributed by atoms with Gasteiger partial charge in [0.2, 0.25) is 0 Å². The van der Waals surface area contributed by atoms with Crippen LogP contribution in [0.5, 0.6) is 0 Å². The highest BCUT2D eigenvalue weighted by Gasteiger charge is 2.42. The average molecular weight is 527 g/mol. The van der Waals surface area contributed by atoms with E-state index in [1.54, 1.807) is 0 Å². The van der Waals surface area contributed by atoms with Crippen LogP contribution in [0.4, 0.5) is 0 Å². The van der Waals surface area contributed by atoms with Crippen LogP contribution in [0, 0.1) is 17.3 Å². The first-order valence-corrected chi connectivity index (χ1v) is 14.2. The third-order valence-corrected chi connectivity index (χ3v) is 8.66. The van der Waals surface area contributed by atoms with Gasteiger partial charge < -0.3 is 26.4 Å². The molecule has 8 heteroatoms. The van der Waals surface area contributed by atoms with E-state index >= 15 is 0 Å². The number of alkyl halides is 1. The highest BCUT2D eigenvalue weighted by atomic mass is 35.5. The van der Waals surface area contributed by atoms with Gasteiger partial charge in [-0.3, -0.25) is 4.79 Å². The maximum atomic E-state index is 11.9. The summed E-state index contributed by atoms with van der Waals surface area (Å²) in [6.07, 6.45) is 17.0. The summed E-state index contributed by atoms with van der Waals surface area (Å²) in [5, 5.41) is 21.1. The zero-order valence-electron chi connectivity index (χ0n) is 21.8. The molecule has 7 nitrogen and oxygen atoms in total. The summed E-state index contributed by atoms with van der Waals surface area (Å²) >= 11 is 6.54. The fourth-order valence-corrected chi connectivity index (χ4v) is 5.89. The van der Waals surface area contributed by atoms with E-state index in [0.717, 1.165) is 38.5 Å². The number of allylic oxidation sites excluding steroid dienone is 2. The van der Waals surface area contributed by atoms with Crippen molar-refractivity contribution in [3.05, 3.63) is 24.3 Å². The second-order valence-corrected chi connectivity index (χ2v) is 11.2. The van der Waals surface area contributed by atoms with Crippen LogP contribution >= 0.6 is 11.6 Å². The van der Waals surface area contributed by atoms with Gasteiger partial charge in [-0.05, 0) is 82.1 Å². The number of hydrogen-bond acceptors (Lipinski definition) is 7. The minimum Gasteiger partial charge on any atom is -0.392 e. The van der Waals surface area contributed by atoms with E-state index in [1.165, 1.54) is 6.42 Å². The van der Waals surface area contributed by atoms with Gasteiger partial charge in [0.15, 0.2) is 0 Å². The van der Waals surface area contributed by atoms with Crippen LogP contribution in [0.3, 0.4) is 0 Å². The zero-order valence-corrected chi connectivity index (χ0v) is 22.6. The molecule has 206 valence electrons. The topological polar surface area (TPSA) is 136 Å². The summed E-state index contributed by atoms with van der Waals surface area (Å²) in [4.78, 5) is 23.7. The summed E-state index contributed by atoms with van der Waals surface area (Å²) in [5.41, 5.74) is 11.2. The summed E-state index contributed by atoms with van der Waals surface area (Å²) in [7, 11) is 0. The number of ether oxygens (including phenoxy) is 1. The van der Waals surface area contributed by atoms with Gasteiger partial charge in [-0.15, -0.1) is 11.6 Å². The van der Waals surface area contributed by atoms with E-state index in [0.29, 0.717) is 38.6 Å². The van der Waals surface area contributed by atoms with E-state index in [9.17, 15) is 19.8 Å². The predicted octanol–water partition coefficient (Wildman–Crippen LogP) is 4.12. The Balaban J connectivity index is 1.70. The SMILES string of the molecule is CCC1([C@@H](O)C/C=C/[C@@H]2[C@@H](C/C=C\CCCC(=O)OC(=O)[C@@H](N)CCCCN)[C@H](Cl)C[C@H]2O)CCC1. The fraction of sp³-hybridized carbons (Fsp3) is 0.786. The molecule has 2 saturated carbocycles. The molecule has 0 spiro atoms. The molecule has 2 aliphatic rings. The van der Waals surface area contributed by atoms with Crippen LogP contribution in [0.1, 0.15) is 90.4 Å². The minimum atomic E-state index is -0.790. The monoisotopic (exact) mass is 526 g/mol. The lowest BCUT2D eigenvalue weighted by molar-refractivity contribution is -0.160. The second kappa shape index (κ2) is 15.9. The second-order valence-electron chi connectivity index (χ2n) is 10.6. The molecule has 6 atom stereocenters. The number of unbranched alkanes of at least 4 members (excludes halogenated alkanes) is 2. The summed E-state index contributed by atoms with van der Waals surface area (Å²) < 4.78 is 4.83. The van der Waals surface area contributed by atoms with E-state index in [1.807, 2.05) is 18.2 Å². The van der Waals surface area contributed by atoms with Crippen molar-refractivity contribution in [3.63, 3.8) is 0 Å². The molecule has 0 radical (unpaired) electrons. The van der Waals surface area contributed by atoms with Gasteiger partial charge in [0.25, 0.3) is 0 Å². The van der Waals surface area contributed by atoms with E-state index in [2.05, 4.69) is 13.0 Å². The highest BCUT2D eigenvalue weighted by Crippen LogP contribution is 2.48. The van der Waals surface area contributed by atoms with Crippen LogP contribution in [0.2, 0.25) is 0 Å². The molecule has 0 unspecified atom stereocenters. The van der Waals surface area contributed by atoms with Crippen molar-refractivity contribution in [1.82, 2.24) is 0 Å². The molecule has 2 fully saturated rings. The lowest BCUT2D eigenvalue weighted by Crippen LogP contribution is -2.40. The van der Waals surface area contributed by atoms with Crippen molar-refractivity contribution < 1.29 is 24.5 Å². The first-order valence-electron chi connectivity index (χ1n) is 13.8. The van der Waals surface area contributed by atoms with Crippen LogP contribution in [0.25, 0.3) is 0 Å². The highest BCUT2D eigenvalue weighted by molar-refractivity contribution is 6.21. The lowest BCUT2D eigenvalue weighted by atomic mass is 9.63. The molecule has 0 saturated heterocycles. The van der Waals surface area contributed by atoms with Gasteiger partial charge in [0, 0.05) is 17.7 Å². The van der Waals surface area contributed by atoms with Gasteiger partial charge in [-0.1, -0.05) is 44.1 Å². The van der Waals surface area contributed by atoms with Gasteiger partial charge in [0.1, 0.15) is 6.04 Å². The van der Waals surface area contributed by atoms with Gasteiger partial charge in [0.05, 0.1) is 12.2 Å². The number of carbonyl (C=O) groups excluding carboxylic acids is 2. The number of aliphatic hydroxyl groups is 2. The fourth-order valence-electron chi connectivity index (χ4n) is 5.43. The summed E-state index contributed by atoms with van der Waals surface area (Å²) in [5.74, 6) is -1.14. The van der Waals surface area contributed by atoms with Crippen LogP contribution in [0.15, 0.2) is 24.3 Å². The van der Waals surface area contributed by atoms with Crippen LogP contribution in [-0.4, -0.2) is 52.3 Å². The Morgan fingerprint density at radius 1 is 1.19 bits per heavy atom. The van der Waals surface area contributed by atoms with Gasteiger partial charge in [-0.2, -0.15) is 0 Å². The number of nitrogens with two attached hydrogens (primary N) is 2. The number of hydrogen-bond donors (Lipinski definition) is 4. The Labute approximate surface area is 221 Å². The maximum absolute atomic E-state index is 11.9. The Kier molecular flexibility index (Phi) is 13.7. The Morgan fingerprint density at radius 3 is 2.58 bits per heavy atom. The number of halogens is 1. The number of carbonyl (C=O) groups is 2. The lowest BCUT2D eigenvalue weighted by Gasteiger charge is -2.45. The van der Waals surface area contributed by atoms with E-state index in [4.69, 9.17) is 27.8 Å². The average Bonchev–Trinajstić information content (AvgIpc) is 3.08. The van der Waals surface area contributed by atoms with Crippen molar-refractivity contribution in [2.24, 2.45) is 28.7 Å². The van der Waals surface area contributed by atoms with E-state index in [-0.39, 0.29) is 35.2 Å². The zero-order chi connectivity index (χ0) is 26.6. The predicted molar refractivity (Wildman–Crippen MR) is 143 cm³/mol. The first kappa shape index (κ1) is 31.0. The third kappa shape index (κ3) is 9.25.